The van der Waals surface area contributed by atoms with Crippen molar-refractivity contribution in [2.75, 3.05) is 18.7 Å². The van der Waals surface area contributed by atoms with Crippen LogP contribution in [0, 0.1) is 11.8 Å². The first kappa shape index (κ1) is 29.6. The molecule has 0 saturated carbocycles. The second kappa shape index (κ2) is 12.6. The molecular formula is C26H37N3O8. The molecule has 1 aliphatic heterocycles. The fourth-order valence-electron chi connectivity index (χ4n) is 3.94. The van der Waals surface area contributed by atoms with Gasteiger partial charge < -0.3 is 19.5 Å². The molecular weight excluding hydrogens is 482 g/mol. The van der Waals surface area contributed by atoms with Crippen molar-refractivity contribution in [1.29, 1.82) is 0 Å². The van der Waals surface area contributed by atoms with Crippen molar-refractivity contribution < 1.29 is 38.2 Å². The molecule has 204 valence electrons. The van der Waals surface area contributed by atoms with Gasteiger partial charge in [-0.15, -0.1) is 0 Å². The predicted molar refractivity (Wildman–Crippen MR) is 134 cm³/mol. The van der Waals surface area contributed by atoms with E-state index in [4.69, 9.17) is 14.2 Å². The van der Waals surface area contributed by atoms with Gasteiger partial charge in [-0.2, -0.15) is 0 Å². The Bertz CT molecular complexity index is 1000. The number of carbonyl (C=O) groups is 5. The zero-order valence-corrected chi connectivity index (χ0v) is 22.3. The Hall–Kier alpha value is -3.63. The van der Waals surface area contributed by atoms with Gasteiger partial charge in [0.25, 0.3) is 0 Å². The summed E-state index contributed by atoms with van der Waals surface area (Å²) < 4.78 is 15.2. The second-order valence-electron chi connectivity index (χ2n) is 10.3. The van der Waals surface area contributed by atoms with Crippen LogP contribution in [0.3, 0.4) is 0 Å². The fourth-order valence-corrected chi connectivity index (χ4v) is 3.94. The van der Waals surface area contributed by atoms with Gasteiger partial charge in [0.05, 0.1) is 11.3 Å². The summed E-state index contributed by atoms with van der Waals surface area (Å²) in [5.74, 6) is -2.04. The van der Waals surface area contributed by atoms with Crippen LogP contribution in [0.4, 0.5) is 15.3 Å². The highest BCUT2D eigenvalue weighted by Gasteiger charge is 2.42. The molecule has 3 N–H and O–H groups in total. The third-order valence-corrected chi connectivity index (χ3v) is 6.12. The molecule has 11 heteroatoms. The molecule has 2 unspecified atom stereocenters. The van der Waals surface area contributed by atoms with E-state index in [1.807, 2.05) is 6.92 Å². The van der Waals surface area contributed by atoms with Crippen LogP contribution in [0.2, 0.25) is 0 Å². The van der Waals surface area contributed by atoms with Crippen molar-refractivity contribution in [3.05, 3.63) is 29.8 Å². The van der Waals surface area contributed by atoms with E-state index in [1.54, 1.807) is 58.9 Å². The molecule has 1 aliphatic rings. The lowest BCUT2D eigenvalue weighted by atomic mass is 9.72. The number of carbonyl (C=O) groups excluding carboxylic acids is 5. The zero-order valence-electron chi connectivity index (χ0n) is 22.3. The SMILES string of the molecule is CCC1(c2ccc(NC(=O)OCOC(=O)C(CNC(=O)OC(C)(C)C)C(C)C)cc2)CCC(=O)NC1=O. The van der Waals surface area contributed by atoms with Crippen LogP contribution in [0.1, 0.15) is 66.4 Å². The number of imide groups is 1. The second-order valence-corrected chi connectivity index (χ2v) is 10.3. The number of alkyl carbamates (subject to hydrolysis) is 1. The van der Waals surface area contributed by atoms with Gasteiger partial charge in [-0.3, -0.25) is 25.0 Å². The van der Waals surface area contributed by atoms with Crippen molar-refractivity contribution in [2.24, 2.45) is 11.8 Å². The third kappa shape index (κ3) is 8.47. The Balaban J connectivity index is 1.85. The Morgan fingerprint density at radius 2 is 1.70 bits per heavy atom. The van der Waals surface area contributed by atoms with Crippen molar-refractivity contribution in [3.8, 4) is 0 Å². The molecule has 2 atom stereocenters. The van der Waals surface area contributed by atoms with Gasteiger partial charge >= 0.3 is 18.2 Å². The minimum atomic E-state index is -0.834. The standard InChI is InChI=1S/C26H37N3O8/c1-7-26(13-12-20(30)29-22(26)32)17-8-10-18(11-9-17)28-24(34)36-15-35-21(31)19(16(2)3)14-27-23(33)37-25(4,5)6/h8-11,16,19H,7,12-15H2,1-6H3,(H,27,33)(H,28,34)(H,29,30,32). The zero-order chi connectivity index (χ0) is 27.8. The summed E-state index contributed by atoms with van der Waals surface area (Å²) in [6, 6.07) is 6.69. The molecule has 4 amide bonds. The maximum atomic E-state index is 12.5. The molecule has 0 radical (unpaired) electrons. The molecule has 0 aromatic heterocycles. The van der Waals surface area contributed by atoms with Gasteiger partial charge in [0.1, 0.15) is 5.60 Å². The molecule has 1 heterocycles. The van der Waals surface area contributed by atoms with Crippen LogP contribution in [-0.2, 0) is 34.0 Å². The maximum absolute atomic E-state index is 12.5. The number of esters is 1. The van der Waals surface area contributed by atoms with Gasteiger partial charge in [0, 0.05) is 18.7 Å². The Kier molecular flexibility index (Phi) is 10.0. The van der Waals surface area contributed by atoms with Crippen molar-refractivity contribution in [1.82, 2.24) is 10.6 Å². The van der Waals surface area contributed by atoms with Gasteiger partial charge in [-0.25, -0.2) is 9.59 Å². The molecule has 11 nitrogen and oxygen atoms in total. The van der Waals surface area contributed by atoms with Gasteiger partial charge in [-0.1, -0.05) is 32.9 Å². The highest BCUT2D eigenvalue weighted by molar-refractivity contribution is 6.03. The summed E-state index contributed by atoms with van der Waals surface area (Å²) in [6.45, 7) is 10.1. The van der Waals surface area contributed by atoms with Crippen LogP contribution in [0.25, 0.3) is 0 Å². The minimum Gasteiger partial charge on any atom is -0.444 e. The van der Waals surface area contributed by atoms with E-state index in [9.17, 15) is 24.0 Å². The summed E-state index contributed by atoms with van der Waals surface area (Å²) in [7, 11) is 0. The Morgan fingerprint density at radius 1 is 1.05 bits per heavy atom. The minimum absolute atomic E-state index is 0.00932. The largest absolute Gasteiger partial charge is 0.444 e. The smallest absolute Gasteiger partial charge is 0.414 e. The van der Waals surface area contributed by atoms with E-state index in [1.165, 1.54) is 0 Å². The lowest BCUT2D eigenvalue weighted by Crippen LogP contribution is -2.51. The number of nitrogens with one attached hydrogen (secondary N) is 3. The first-order valence-corrected chi connectivity index (χ1v) is 12.3. The number of benzene rings is 1. The third-order valence-electron chi connectivity index (χ3n) is 6.12. The molecule has 1 aromatic carbocycles. The monoisotopic (exact) mass is 519 g/mol. The van der Waals surface area contributed by atoms with E-state index >= 15 is 0 Å². The van der Waals surface area contributed by atoms with Crippen molar-refractivity contribution >= 4 is 35.7 Å². The topological polar surface area (TPSA) is 149 Å². The first-order chi connectivity index (χ1) is 17.3. The summed E-state index contributed by atoms with van der Waals surface area (Å²) in [4.78, 5) is 60.5. The molecule has 0 aliphatic carbocycles. The number of amides is 4. The van der Waals surface area contributed by atoms with E-state index in [0.717, 1.165) is 5.56 Å². The highest BCUT2D eigenvalue weighted by atomic mass is 16.7. The molecule has 1 fully saturated rings. The quantitative estimate of drug-likeness (QED) is 0.254. The summed E-state index contributed by atoms with van der Waals surface area (Å²) in [6.07, 6.45) is -0.273. The van der Waals surface area contributed by atoms with Crippen LogP contribution < -0.4 is 16.0 Å². The van der Waals surface area contributed by atoms with Gasteiger partial charge in [-0.05, 0) is 57.2 Å². The van der Waals surface area contributed by atoms with Crippen molar-refractivity contribution in [2.45, 2.75) is 71.8 Å². The van der Waals surface area contributed by atoms with E-state index < -0.39 is 41.9 Å². The van der Waals surface area contributed by atoms with E-state index in [0.29, 0.717) is 18.5 Å². The molecule has 1 aromatic rings. The highest BCUT2D eigenvalue weighted by Crippen LogP contribution is 2.36. The Morgan fingerprint density at radius 3 is 2.24 bits per heavy atom. The lowest BCUT2D eigenvalue weighted by molar-refractivity contribution is -0.158. The number of piperidine rings is 1. The van der Waals surface area contributed by atoms with Gasteiger partial charge in [0.15, 0.2) is 0 Å². The lowest BCUT2D eigenvalue weighted by Gasteiger charge is -2.35. The van der Waals surface area contributed by atoms with E-state index in [2.05, 4.69) is 16.0 Å². The number of anilines is 1. The average Bonchev–Trinajstić information content (AvgIpc) is 2.79. The van der Waals surface area contributed by atoms with Crippen molar-refractivity contribution in [3.63, 3.8) is 0 Å². The van der Waals surface area contributed by atoms with Crippen LogP contribution >= 0.6 is 0 Å². The molecule has 1 saturated heterocycles. The first-order valence-electron chi connectivity index (χ1n) is 12.3. The van der Waals surface area contributed by atoms with Gasteiger partial charge in [0.2, 0.25) is 18.6 Å². The van der Waals surface area contributed by atoms with E-state index in [-0.39, 0.29) is 30.7 Å². The summed E-state index contributed by atoms with van der Waals surface area (Å²) in [5.41, 5.74) is -0.304. The Labute approximate surface area is 217 Å². The molecule has 37 heavy (non-hydrogen) atoms. The molecule has 2 rings (SSSR count). The molecule has 0 bridgehead atoms. The number of hydrogen-bond donors (Lipinski definition) is 3. The molecule has 0 spiro atoms. The normalized spacial score (nSPS) is 18.5. The van der Waals surface area contributed by atoms with Crippen LogP contribution in [-0.4, -0.2) is 48.9 Å². The van der Waals surface area contributed by atoms with Crippen LogP contribution in [0.5, 0.6) is 0 Å². The number of rotatable bonds is 9. The number of hydrogen-bond acceptors (Lipinski definition) is 8. The summed E-state index contributed by atoms with van der Waals surface area (Å²) in [5, 5.41) is 7.48. The fraction of sp³-hybridized carbons (Fsp3) is 0.577. The summed E-state index contributed by atoms with van der Waals surface area (Å²) >= 11 is 0. The van der Waals surface area contributed by atoms with Crippen LogP contribution in [0.15, 0.2) is 24.3 Å². The average molecular weight is 520 g/mol. The predicted octanol–water partition coefficient (Wildman–Crippen LogP) is 3.62. The maximum Gasteiger partial charge on any atom is 0.414 e. The number of ether oxygens (including phenoxy) is 3.